The van der Waals surface area contributed by atoms with Gasteiger partial charge in [0.1, 0.15) is 0 Å². The minimum Gasteiger partial charge on any atom is -0.504 e. The summed E-state index contributed by atoms with van der Waals surface area (Å²) in [6.45, 7) is 6.19. The Labute approximate surface area is 170 Å². The standard InChI is InChI=1S/C18H25N3O2S.HI/c1-4-19-18(20-11-13(2)16-9-6-10-24-16)21-12-14-7-5-8-15(23-3)17(14)22;/h5-10,13,22H,4,11-12H2,1-3H3,(H2,19,20,21);1H. The number of aromatic hydroxyl groups is 1. The van der Waals surface area contributed by atoms with E-state index in [1.54, 1.807) is 24.5 Å². The molecular formula is C18H26IN3O2S. The van der Waals surface area contributed by atoms with Gasteiger partial charge in [-0.3, -0.25) is 0 Å². The molecule has 0 fully saturated rings. The Balaban J connectivity index is 0.00000312. The highest BCUT2D eigenvalue weighted by atomic mass is 127. The molecule has 0 saturated heterocycles. The van der Waals surface area contributed by atoms with Crippen LogP contribution in [0.15, 0.2) is 40.7 Å². The summed E-state index contributed by atoms with van der Waals surface area (Å²) in [6, 6.07) is 9.65. The van der Waals surface area contributed by atoms with E-state index in [2.05, 4.69) is 40.1 Å². The number of halogens is 1. The van der Waals surface area contributed by atoms with Crippen LogP contribution in [0.25, 0.3) is 0 Å². The van der Waals surface area contributed by atoms with Gasteiger partial charge in [0.25, 0.3) is 0 Å². The highest BCUT2D eigenvalue weighted by Crippen LogP contribution is 2.29. The smallest absolute Gasteiger partial charge is 0.191 e. The van der Waals surface area contributed by atoms with Crippen LogP contribution in [0.3, 0.4) is 0 Å². The molecule has 7 heteroatoms. The molecule has 3 N–H and O–H groups in total. The van der Waals surface area contributed by atoms with E-state index in [0.29, 0.717) is 18.2 Å². The van der Waals surface area contributed by atoms with Crippen LogP contribution >= 0.6 is 35.3 Å². The monoisotopic (exact) mass is 475 g/mol. The van der Waals surface area contributed by atoms with Gasteiger partial charge in [-0.1, -0.05) is 25.1 Å². The van der Waals surface area contributed by atoms with Crippen molar-refractivity contribution < 1.29 is 9.84 Å². The van der Waals surface area contributed by atoms with Gasteiger partial charge < -0.3 is 20.5 Å². The first-order chi connectivity index (χ1) is 11.7. The fourth-order valence-corrected chi connectivity index (χ4v) is 3.08. The molecule has 1 unspecified atom stereocenters. The van der Waals surface area contributed by atoms with E-state index < -0.39 is 0 Å². The molecule has 0 radical (unpaired) electrons. The molecule has 0 saturated carbocycles. The maximum Gasteiger partial charge on any atom is 0.191 e. The first-order valence-corrected chi connectivity index (χ1v) is 8.94. The summed E-state index contributed by atoms with van der Waals surface area (Å²) in [6.07, 6.45) is 0. The predicted molar refractivity (Wildman–Crippen MR) is 116 cm³/mol. The van der Waals surface area contributed by atoms with E-state index in [1.807, 2.05) is 19.1 Å². The molecule has 0 aliphatic rings. The van der Waals surface area contributed by atoms with Crippen LogP contribution in [0, 0.1) is 0 Å². The lowest BCUT2D eigenvalue weighted by Crippen LogP contribution is -2.39. The van der Waals surface area contributed by atoms with E-state index >= 15 is 0 Å². The second-order valence-corrected chi connectivity index (χ2v) is 6.44. The molecule has 1 aromatic carbocycles. The fraction of sp³-hybridized carbons (Fsp3) is 0.389. The number of thiophene rings is 1. The normalized spacial score (nSPS) is 12.2. The number of phenols is 1. The molecule has 0 aliphatic heterocycles. The maximum absolute atomic E-state index is 10.1. The van der Waals surface area contributed by atoms with Crippen LogP contribution in [-0.4, -0.2) is 31.3 Å². The number of guanidine groups is 1. The van der Waals surface area contributed by atoms with Crippen molar-refractivity contribution >= 4 is 41.3 Å². The van der Waals surface area contributed by atoms with Crippen molar-refractivity contribution in [2.45, 2.75) is 26.3 Å². The summed E-state index contributed by atoms with van der Waals surface area (Å²) in [7, 11) is 1.54. The lowest BCUT2D eigenvalue weighted by Gasteiger charge is -2.15. The fourth-order valence-electron chi connectivity index (χ4n) is 2.29. The summed E-state index contributed by atoms with van der Waals surface area (Å²) in [4.78, 5) is 5.91. The van der Waals surface area contributed by atoms with Gasteiger partial charge >= 0.3 is 0 Å². The number of methoxy groups -OCH3 is 1. The minimum atomic E-state index is 0. The largest absolute Gasteiger partial charge is 0.504 e. The third-order valence-electron chi connectivity index (χ3n) is 3.66. The number of nitrogens with zero attached hydrogens (tertiary/aromatic N) is 1. The van der Waals surface area contributed by atoms with E-state index in [9.17, 15) is 5.11 Å². The Bertz CT molecular complexity index is 662. The number of nitrogens with one attached hydrogen (secondary N) is 2. The highest BCUT2D eigenvalue weighted by Gasteiger charge is 2.09. The van der Waals surface area contributed by atoms with Crippen LogP contribution in [0.5, 0.6) is 11.5 Å². The number of hydrogen-bond acceptors (Lipinski definition) is 4. The van der Waals surface area contributed by atoms with Crippen LogP contribution in [0.1, 0.15) is 30.2 Å². The van der Waals surface area contributed by atoms with Crippen molar-refractivity contribution in [1.82, 2.24) is 10.6 Å². The number of ether oxygens (including phenoxy) is 1. The third-order valence-corrected chi connectivity index (χ3v) is 4.76. The van der Waals surface area contributed by atoms with Crippen molar-refractivity contribution in [2.75, 3.05) is 20.2 Å². The first kappa shape index (κ1) is 21.6. The summed E-state index contributed by atoms with van der Waals surface area (Å²) in [5.41, 5.74) is 0.734. The molecule has 2 rings (SSSR count). The van der Waals surface area contributed by atoms with Gasteiger partial charge in [0.2, 0.25) is 0 Å². The van der Waals surface area contributed by atoms with Crippen LogP contribution in [0.4, 0.5) is 0 Å². The van der Waals surface area contributed by atoms with Crippen LogP contribution in [-0.2, 0) is 6.54 Å². The topological polar surface area (TPSA) is 65.9 Å². The van der Waals surface area contributed by atoms with Gasteiger partial charge in [0.15, 0.2) is 17.5 Å². The number of benzene rings is 1. The first-order valence-electron chi connectivity index (χ1n) is 8.06. The molecule has 2 aromatic rings. The average Bonchev–Trinajstić information content (AvgIpc) is 3.13. The van der Waals surface area contributed by atoms with Crippen molar-refractivity contribution in [3.8, 4) is 11.5 Å². The zero-order valence-corrected chi connectivity index (χ0v) is 17.9. The lowest BCUT2D eigenvalue weighted by atomic mass is 10.1. The van der Waals surface area contributed by atoms with E-state index in [-0.39, 0.29) is 29.7 Å². The second kappa shape index (κ2) is 11.2. The van der Waals surface area contributed by atoms with E-state index in [0.717, 1.165) is 24.6 Å². The summed E-state index contributed by atoms with van der Waals surface area (Å²) in [5.74, 6) is 1.76. The van der Waals surface area contributed by atoms with Gasteiger partial charge in [-0.2, -0.15) is 0 Å². The summed E-state index contributed by atoms with van der Waals surface area (Å²) >= 11 is 1.77. The van der Waals surface area contributed by atoms with Gasteiger partial charge in [0, 0.05) is 29.4 Å². The third kappa shape index (κ3) is 6.39. The van der Waals surface area contributed by atoms with E-state index in [1.165, 1.54) is 4.88 Å². The van der Waals surface area contributed by atoms with Crippen molar-refractivity contribution in [2.24, 2.45) is 4.99 Å². The number of para-hydroxylation sites is 1. The summed E-state index contributed by atoms with van der Waals surface area (Å²) < 4.78 is 5.13. The molecule has 0 amide bonds. The zero-order chi connectivity index (χ0) is 17.4. The van der Waals surface area contributed by atoms with E-state index in [4.69, 9.17) is 4.74 Å². The Morgan fingerprint density at radius 3 is 2.72 bits per heavy atom. The van der Waals surface area contributed by atoms with Crippen LogP contribution in [0.2, 0.25) is 0 Å². The number of aliphatic imine (C=N–C) groups is 1. The number of phenolic OH excluding ortho intramolecular Hbond substituents is 1. The molecule has 0 bridgehead atoms. The Morgan fingerprint density at radius 1 is 1.28 bits per heavy atom. The molecule has 1 atom stereocenters. The molecule has 5 nitrogen and oxygen atoms in total. The molecular weight excluding hydrogens is 449 g/mol. The lowest BCUT2D eigenvalue weighted by molar-refractivity contribution is 0.370. The second-order valence-electron chi connectivity index (χ2n) is 5.46. The molecule has 0 spiro atoms. The molecule has 1 aromatic heterocycles. The number of rotatable bonds is 7. The zero-order valence-electron chi connectivity index (χ0n) is 14.8. The molecule has 138 valence electrons. The molecule has 1 heterocycles. The van der Waals surface area contributed by atoms with Gasteiger partial charge in [-0.25, -0.2) is 4.99 Å². The van der Waals surface area contributed by atoms with Crippen LogP contribution < -0.4 is 15.4 Å². The SMILES string of the molecule is CCNC(=NCc1cccc(OC)c1O)NCC(C)c1cccs1.I. The minimum absolute atomic E-state index is 0. The summed E-state index contributed by atoms with van der Waals surface area (Å²) in [5, 5.41) is 18.8. The quantitative estimate of drug-likeness (QED) is 0.323. The Kier molecular flexibility index (Phi) is 9.66. The van der Waals surface area contributed by atoms with Gasteiger partial charge in [-0.15, -0.1) is 35.3 Å². The van der Waals surface area contributed by atoms with Gasteiger partial charge in [0.05, 0.1) is 13.7 Å². The average molecular weight is 475 g/mol. The Hall–Kier alpha value is -1.48. The molecule has 25 heavy (non-hydrogen) atoms. The predicted octanol–water partition coefficient (Wildman–Crippen LogP) is 3.94. The van der Waals surface area contributed by atoms with Crippen molar-refractivity contribution in [3.63, 3.8) is 0 Å². The van der Waals surface area contributed by atoms with Crippen molar-refractivity contribution in [1.29, 1.82) is 0 Å². The maximum atomic E-state index is 10.1. The highest BCUT2D eigenvalue weighted by molar-refractivity contribution is 14.0. The van der Waals surface area contributed by atoms with Crippen molar-refractivity contribution in [3.05, 3.63) is 46.2 Å². The Morgan fingerprint density at radius 2 is 2.08 bits per heavy atom. The van der Waals surface area contributed by atoms with Gasteiger partial charge in [-0.05, 0) is 24.4 Å². The number of hydrogen-bond donors (Lipinski definition) is 3. The molecule has 0 aliphatic carbocycles.